The average Bonchev–Trinajstić information content (AvgIpc) is 2.56. The number of esters is 1. The largest absolute Gasteiger partial charge is 0.452 e. The van der Waals surface area contributed by atoms with Crippen LogP contribution in [0.3, 0.4) is 0 Å². The highest BCUT2D eigenvalue weighted by molar-refractivity contribution is 8.00. The predicted molar refractivity (Wildman–Crippen MR) is 97.8 cm³/mol. The molecule has 0 fully saturated rings. The summed E-state index contributed by atoms with van der Waals surface area (Å²) < 4.78 is 18.1. The molecule has 132 valence electrons. The summed E-state index contributed by atoms with van der Waals surface area (Å²) in [5, 5.41) is 3.15. The van der Waals surface area contributed by atoms with Crippen molar-refractivity contribution in [2.24, 2.45) is 0 Å². The van der Waals surface area contributed by atoms with Gasteiger partial charge in [0.1, 0.15) is 5.82 Å². The summed E-state index contributed by atoms with van der Waals surface area (Å²) in [6.07, 6.45) is -1.01. The Morgan fingerprint density at radius 2 is 1.88 bits per heavy atom. The summed E-state index contributed by atoms with van der Waals surface area (Å²) in [7, 11) is 0. The van der Waals surface area contributed by atoms with E-state index in [0.29, 0.717) is 5.02 Å². The van der Waals surface area contributed by atoms with Crippen LogP contribution < -0.4 is 5.32 Å². The molecule has 0 aliphatic rings. The molecule has 1 atom stereocenters. The van der Waals surface area contributed by atoms with Crippen molar-refractivity contribution in [3.05, 3.63) is 58.3 Å². The topological polar surface area (TPSA) is 55.4 Å². The second kappa shape index (κ2) is 9.08. The summed E-state index contributed by atoms with van der Waals surface area (Å²) in [6, 6.07) is 10.6. The van der Waals surface area contributed by atoms with E-state index in [2.05, 4.69) is 5.32 Å². The van der Waals surface area contributed by atoms with Gasteiger partial charge in [0, 0.05) is 9.92 Å². The Morgan fingerprint density at radius 3 is 2.52 bits per heavy atom. The summed E-state index contributed by atoms with van der Waals surface area (Å²) in [6.45, 7) is 1.44. The van der Waals surface area contributed by atoms with Crippen molar-refractivity contribution in [3.8, 4) is 0 Å². The molecule has 2 aromatic rings. The standard InChI is InChI=1S/C17H14Cl2FNO3S/c1-10(17(23)21-15-7-4-12(20)8-14(15)19)24-16(22)9-25-13-5-2-11(18)3-6-13/h2-8,10H,9H2,1H3,(H,21,23). The highest BCUT2D eigenvalue weighted by atomic mass is 35.5. The van der Waals surface area contributed by atoms with E-state index < -0.39 is 23.8 Å². The van der Waals surface area contributed by atoms with Gasteiger partial charge in [0.25, 0.3) is 5.91 Å². The van der Waals surface area contributed by atoms with Gasteiger partial charge < -0.3 is 10.1 Å². The molecule has 0 heterocycles. The maximum atomic E-state index is 13.0. The monoisotopic (exact) mass is 401 g/mol. The van der Waals surface area contributed by atoms with Crippen molar-refractivity contribution in [2.75, 3.05) is 11.1 Å². The van der Waals surface area contributed by atoms with Crippen LogP contribution in [0.15, 0.2) is 47.4 Å². The van der Waals surface area contributed by atoms with Gasteiger partial charge in [-0.05, 0) is 49.4 Å². The van der Waals surface area contributed by atoms with E-state index in [1.807, 2.05) is 0 Å². The number of anilines is 1. The molecule has 25 heavy (non-hydrogen) atoms. The number of nitrogens with one attached hydrogen (secondary N) is 1. The first kappa shape index (κ1) is 19.6. The fourth-order valence-corrected chi connectivity index (χ4v) is 2.80. The Kier molecular flexibility index (Phi) is 7.11. The van der Waals surface area contributed by atoms with Crippen molar-refractivity contribution in [1.82, 2.24) is 0 Å². The van der Waals surface area contributed by atoms with Crippen molar-refractivity contribution in [3.63, 3.8) is 0 Å². The molecule has 1 unspecified atom stereocenters. The van der Waals surface area contributed by atoms with Crippen molar-refractivity contribution >= 4 is 52.5 Å². The van der Waals surface area contributed by atoms with E-state index in [-0.39, 0.29) is 16.5 Å². The molecular formula is C17H14Cl2FNO3S. The van der Waals surface area contributed by atoms with Crippen molar-refractivity contribution in [2.45, 2.75) is 17.9 Å². The lowest BCUT2D eigenvalue weighted by atomic mass is 10.3. The van der Waals surface area contributed by atoms with Gasteiger partial charge in [-0.1, -0.05) is 23.2 Å². The quantitative estimate of drug-likeness (QED) is 0.558. The zero-order valence-corrected chi connectivity index (χ0v) is 15.4. The van der Waals surface area contributed by atoms with Gasteiger partial charge in [-0.3, -0.25) is 9.59 Å². The second-order valence-electron chi connectivity index (χ2n) is 4.99. The Labute approximate surface area is 158 Å². The normalized spacial score (nSPS) is 11.7. The van der Waals surface area contributed by atoms with Gasteiger partial charge in [-0.15, -0.1) is 11.8 Å². The molecule has 2 aromatic carbocycles. The van der Waals surface area contributed by atoms with Crippen LogP contribution in [-0.4, -0.2) is 23.7 Å². The Hall–Kier alpha value is -1.76. The van der Waals surface area contributed by atoms with Crippen LogP contribution in [0.1, 0.15) is 6.92 Å². The molecule has 0 saturated heterocycles. The third kappa shape index (κ3) is 6.23. The van der Waals surface area contributed by atoms with Crippen molar-refractivity contribution in [1.29, 1.82) is 0 Å². The number of amides is 1. The Morgan fingerprint density at radius 1 is 1.20 bits per heavy atom. The summed E-state index contributed by atoms with van der Waals surface area (Å²) in [5.41, 5.74) is 0.242. The van der Waals surface area contributed by atoms with E-state index in [9.17, 15) is 14.0 Å². The van der Waals surface area contributed by atoms with Crippen LogP contribution in [0.2, 0.25) is 10.0 Å². The summed E-state index contributed by atoms with van der Waals surface area (Å²) in [4.78, 5) is 24.7. The molecule has 0 aliphatic heterocycles. The van der Waals surface area contributed by atoms with E-state index in [4.69, 9.17) is 27.9 Å². The number of thioether (sulfide) groups is 1. The Bertz CT molecular complexity index is 771. The molecule has 0 spiro atoms. The van der Waals surface area contributed by atoms with Crippen LogP contribution in [0.25, 0.3) is 0 Å². The number of ether oxygens (including phenoxy) is 1. The number of halogens is 3. The molecule has 8 heteroatoms. The molecule has 4 nitrogen and oxygen atoms in total. The average molecular weight is 402 g/mol. The molecule has 2 rings (SSSR count). The minimum atomic E-state index is -1.01. The summed E-state index contributed by atoms with van der Waals surface area (Å²) in [5.74, 6) is -1.55. The van der Waals surface area contributed by atoms with E-state index in [0.717, 1.165) is 11.0 Å². The van der Waals surface area contributed by atoms with E-state index in [1.165, 1.54) is 30.8 Å². The third-order valence-electron chi connectivity index (χ3n) is 3.04. The fraction of sp³-hybridized carbons (Fsp3) is 0.176. The van der Waals surface area contributed by atoms with Gasteiger partial charge >= 0.3 is 5.97 Å². The zero-order valence-electron chi connectivity index (χ0n) is 13.1. The van der Waals surface area contributed by atoms with E-state index >= 15 is 0 Å². The predicted octanol–water partition coefficient (Wildman–Crippen LogP) is 4.80. The first-order chi connectivity index (χ1) is 11.8. The maximum Gasteiger partial charge on any atom is 0.317 e. The first-order valence-electron chi connectivity index (χ1n) is 7.19. The first-order valence-corrected chi connectivity index (χ1v) is 8.93. The minimum absolute atomic E-state index is 0.0521. The van der Waals surface area contributed by atoms with Crippen molar-refractivity contribution < 1.29 is 18.7 Å². The molecule has 0 aromatic heterocycles. The van der Waals surface area contributed by atoms with Crippen LogP contribution >= 0.6 is 35.0 Å². The minimum Gasteiger partial charge on any atom is -0.452 e. The van der Waals surface area contributed by atoms with Crippen LogP contribution in [0.5, 0.6) is 0 Å². The smallest absolute Gasteiger partial charge is 0.317 e. The SMILES string of the molecule is CC(OC(=O)CSc1ccc(Cl)cc1)C(=O)Nc1ccc(F)cc1Cl. The lowest BCUT2D eigenvalue weighted by Gasteiger charge is -2.14. The zero-order chi connectivity index (χ0) is 18.4. The molecule has 1 amide bonds. The number of carbonyl (C=O) groups is 2. The highest BCUT2D eigenvalue weighted by Crippen LogP contribution is 2.23. The van der Waals surface area contributed by atoms with Gasteiger partial charge in [-0.2, -0.15) is 0 Å². The molecule has 0 radical (unpaired) electrons. The number of hydrogen-bond donors (Lipinski definition) is 1. The van der Waals surface area contributed by atoms with E-state index in [1.54, 1.807) is 24.3 Å². The summed E-state index contributed by atoms with van der Waals surface area (Å²) >= 11 is 12.9. The highest BCUT2D eigenvalue weighted by Gasteiger charge is 2.19. The third-order valence-corrected chi connectivity index (χ3v) is 4.59. The van der Waals surface area contributed by atoms with Crippen LogP contribution in [0, 0.1) is 5.82 Å². The second-order valence-corrected chi connectivity index (χ2v) is 6.88. The lowest BCUT2D eigenvalue weighted by Crippen LogP contribution is -2.30. The number of rotatable bonds is 6. The lowest BCUT2D eigenvalue weighted by molar-refractivity contribution is -0.150. The molecule has 1 N–H and O–H groups in total. The number of benzene rings is 2. The number of hydrogen-bond acceptors (Lipinski definition) is 4. The molecule has 0 bridgehead atoms. The van der Waals surface area contributed by atoms with Gasteiger partial charge in [0.2, 0.25) is 0 Å². The fourth-order valence-electron chi connectivity index (χ4n) is 1.78. The van der Waals surface area contributed by atoms with Gasteiger partial charge in [0.05, 0.1) is 16.5 Å². The van der Waals surface area contributed by atoms with Gasteiger partial charge in [0.15, 0.2) is 6.10 Å². The molecule has 0 saturated carbocycles. The maximum absolute atomic E-state index is 13.0. The van der Waals surface area contributed by atoms with Crippen LogP contribution in [0.4, 0.5) is 10.1 Å². The number of carbonyl (C=O) groups excluding carboxylic acids is 2. The molecular weight excluding hydrogens is 388 g/mol. The van der Waals surface area contributed by atoms with Crippen LogP contribution in [-0.2, 0) is 14.3 Å². The van der Waals surface area contributed by atoms with Gasteiger partial charge in [-0.25, -0.2) is 4.39 Å². The molecule has 0 aliphatic carbocycles. The Balaban J connectivity index is 1.83.